The van der Waals surface area contributed by atoms with E-state index in [-0.39, 0.29) is 24.3 Å². The van der Waals surface area contributed by atoms with Gasteiger partial charge in [-0.3, -0.25) is 14.4 Å². The summed E-state index contributed by atoms with van der Waals surface area (Å²) < 4.78 is 0. The first kappa shape index (κ1) is 18.7. The molecule has 0 aliphatic carbocycles. The normalized spacial score (nSPS) is 10.8. The molecule has 6 heteroatoms. The molecular weight excluding hydrogens is 294 g/mol. The zero-order valence-corrected chi connectivity index (χ0v) is 14.2. The van der Waals surface area contributed by atoms with Gasteiger partial charge in [-0.1, -0.05) is 33.8 Å². The number of benzene rings is 1. The number of carbonyl (C=O) groups excluding carboxylic acids is 3. The molecule has 0 aliphatic rings. The lowest BCUT2D eigenvalue weighted by Crippen LogP contribution is -2.37. The fraction of sp³-hybridized carbons (Fsp3) is 0.471. The number of carbonyl (C=O) groups is 3. The van der Waals surface area contributed by atoms with Gasteiger partial charge < -0.3 is 16.0 Å². The second kappa shape index (κ2) is 8.31. The molecule has 1 aromatic rings. The van der Waals surface area contributed by atoms with Gasteiger partial charge in [-0.15, -0.1) is 0 Å². The fourth-order valence-corrected chi connectivity index (χ4v) is 1.65. The summed E-state index contributed by atoms with van der Waals surface area (Å²) >= 11 is 0. The lowest BCUT2D eigenvalue weighted by atomic mass is 9.95. The molecular formula is C17H25N3O3. The first-order chi connectivity index (χ1) is 10.7. The molecule has 0 aromatic heterocycles. The van der Waals surface area contributed by atoms with Crippen LogP contribution in [-0.4, -0.2) is 30.8 Å². The zero-order chi connectivity index (χ0) is 17.5. The maximum atomic E-state index is 12.1. The van der Waals surface area contributed by atoms with Crippen LogP contribution in [0.1, 0.15) is 44.5 Å². The Bertz CT molecular complexity index is 577. The standard InChI is InChI=1S/C17H25N3O3/c1-5-9-18-14(21)11-19-15(22)12-7-6-8-13(10-12)20-16(23)17(2,3)4/h6-8,10H,5,9,11H2,1-4H3,(H,18,21)(H,19,22)(H,20,23). The van der Waals surface area contributed by atoms with Crippen LogP contribution in [0.25, 0.3) is 0 Å². The molecule has 1 aromatic carbocycles. The smallest absolute Gasteiger partial charge is 0.251 e. The maximum Gasteiger partial charge on any atom is 0.251 e. The van der Waals surface area contributed by atoms with E-state index in [2.05, 4.69) is 16.0 Å². The van der Waals surface area contributed by atoms with Gasteiger partial charge >= 0.3 is 0 Å². The molecule has 0 bridgehead atoms. The first-order valence-corrected chi connectivity index (χ1v) is 7.70. The molecule has 1 rings (SSSR count). The highest BCUT2D eigenvalue weighted by Gasteiger charge is 2.21. The molecule has 0 fully saturated rings. The topological polar surface area (TPSA) is 87.3 Å². The molecule has 0 saturated carbocycles. The summed E-state index contributed by atoms with van der Waals surface area (Å²) in [7, 11) is 0. The van der Waals surface area contributed by atoms with E-state index in [9.17, 15) is 14.4 Å². The summed E-state index contributed by atoms with van der Waals surface area (Å²) in [5, 5.41) is 8.01. The Morgan fingerprint density at radius 3 is 2.39 bits per heavy atom. The fourth-order valence-electron chi connectivity index (χ4n) is 1.65. The number of amides is 3. The number of anilines is 1. The van der Waals surface area contributed by atoms with Gasteiger partial charge in [0.15, 0.2) is 0 Å². The Balaban J connectivity index is 2.64. The minimum atomic E-state index is -0.518. The van der Waals surface area contributed by atoms with Crippen LogP contribution in [0.4, 0.5) is 5.69 Å². The van der Waals surface area contributed by atoms with Crippen molar-refractivity contribution in [3.05, 3.63) is 29.8 Å². The average Bonchev–Trinajstić information content (AvgIpc) is 2.49. The minimum absolute atomic E-state index is 0.0720. The van der Waals surface area contributed by atoms with Crippen molar-refractivity contribution in [2.45, 2.75) is 34.1 Å². The van der Waals surface area contributed by atoms with E-state index in [0.29, 0.717) is 17.8 Å². The van der Waals surface area contributed by atoms with E-state index < -0.39 is 5.41 Å². The lowest BCUT2D eigenvalue weighted by molar-refractivity contribution is -0.123. The monoisotopic (exact) mass is 319 g/mol. The van der Waals surface area contributed by atoms with Crippen LogP contribution in [0, 0.1) is 5.41 Å². The third-order valence-corrected chi connectivity index (χ3v) is 3.05. The summed E-state index contributed by atoms with van der Waals surface area (Å²) in [6.45, 7) is 7.91. The van der Waals surface area contributed by atoms with Crippen LogP contribution in [0.5, 0.6) is 0 Å². The van der Waals surface area contributed by atoms with Crippen molar-refractivity contribution in [3.8, 4) is 0 Å². The van der Waals surface area contributed by atoms with Gasteiger partial charge in [0.25, 0.3) is 5.91 Å². The van der Waals surface area contributed by atoms with Crippen molar-refractivity contribution in [2.75, 3.05) is 18.4 Å². The second-order valence-corrected chi connectivity index (χ2v) is 6.32. The highest BCUT2D eigenvalue weighted by Crippen LogP contribution is 2.18. The van der Waals surface area contributed by atoms with Crippen LogP contribution in [0.15, 0.2) is 24.3 Å². The van der Waals surface area contributed by atoms with E-state index in [0.717, 1.165) is 6.42 Å². The summed E-state index contributed by atoms with van der Waals surface area (Å²) in [5.41, 5.74) is 0.420. The van der Waals surface area contributed by atoms with Gasteiger partial charge in [0, 0.05) is 23.2 Å². The van der Waals surface area contributed by atoms with Crippen LogP contribution in [-0.2, 0) is 9.59 Å². The predicted octanol–water partition coefficient (Wildman–Crippen LogP) is 1.93. The van der Waals surface area contributed by atoms with Gasteiger partial charge in [0.2, 0.25) is 11.8 Å². The second-order valence-electron chi connectivity index (χ2n) is 6.32. The zero-order valence-electron chi connectivity index (χ0n) is 14.2. The van der Waals surface area contributed by atoms with Crippen molar-refractivity contribution in [2.24, 2.45) is 5.41 Å². The van der Waals surface area contributed by atoms with Crippen LogP contribution in [0.2, 0.25) is 0 Å². The van der Waals surface area contributed by atoms with E-state index in [4.69, 9.17) is 0 Å². The first-order valence-electron chi connectivity index (χ1n) is 7.70. The Labute approximate surface area is 137 Å². The highest BCUT2D eigenvalue weighted by atomic mass is 16.2. The molecule has 6 nitrogen and oxygen atoms in total. The molecule has 126 valence electrons. The summed E-state index contributed by atoms with van der Waals surface area (Å²) in [5.74, 6) is -0.713. The van der Waals surface area contributed by atoms with E-state index in [1.54, 1.807) is 24.3 Å². The Kier molecular flexibility index (Phi) is 6.75. The third-order valence-electron chi connectivity index (χ3n) is 3.05. The summed E-state index contributed by atoms with van der Waals surface area (Å²) in [4.78, 5) is 35.5. The van der Waals surface area contributed by atoms with E-state index in [1.165, 1.54) is 0 Å². The molecule has 0 aliphatic heterocycles. The summed E-state index contributed by atoms with van der Waals surface area (Å²) in [6, 6.07) is 6.62. The molecule has 0 saturated heterocycles. The predicted molar refractivity (Wildman–Crippen MR) is 90.2 cm³/mol. The van der Waals surface area contributed by atoms with Crippen molar-refractivity contribution in [1.29, 1.82) is 0 Å². The molecule has 0 heterocycles. The number of rotatable bonds is 6. The minimum Gasteiger partial charge on any atom is -0.355 e. The van der Waals surface area contributed by atoms with Crippen LogP contribution >= 0.6 is 0 Å². The third kappa shape index (κ3) is 6.50. The highest BCUT2D eigenvalue weighted by molar-refractivity contribution is 5.99. The van der Waals surface area contributed by atoms with Gasteiger partial charge in [0.05, 0.1) is 6.54 Å². The molecule has 0 spiro atoms. The quantitative estimate of drug-likeness (QED) is 0.748. The van der Waals surface area contributed by atoms with Gasteiger partial charge in [-0.2, -0.15) is 0 Å². The van der Waals surface area contributed by atoms with Crippen molar-refractivity contribution in [3.63, 3.8) is 0 Å². The number of hydrogen-bond acceptors (Lipinski definition) is 3. The van der Waals surface area contributed by atoms with Crippen molar-refractivity contribution < 1.29 is 14.4 Å². The Morgan fingerprint density at radius 2 is 1.78 bits per heavy atom. The van der Waals surface area contributed by atoms with Gasteiger partial charge in [-0.05, 0) is 24.6 Å². The molecule has 0 radical (unpaired) electrons. The largest absolute Gasteiger partial charge is 0.355 e. The van der Waals surface area contributed by atoms with E-state index >= 15 is 0 Å². The lowest BCUT2D eigenvalue weighted by Gasteiger charge is -2.18. The molecule has 23 heavy (non-hydrogen) atoms. The average molecular weight is 319 g/mol. The molecule has 3 N–H and O–H groups in total. The van der Waals surface area contributed by atoms with Crippen molar-refractivity contribution in [1.82, 2.24) is 10.6 Å². The molecule has 0 unspecified atom stereocenters. The molecule has 3 amide bonds. The van der Waals surface area contributed by atoms with Gasteiger partial charge in [-0.25, -0.2) is 0 Å². The summed E-state index contributed by atoms with van der Waals surface area (Å²) in [6.07, 6.45) is 0.842. The Hall–Kier alpha value is -2.37. The number of hydrogen-bond donors (Lipinski definition) is 3. The van der Waals surface area contributed by atoms with Crippen LogP contribution in [0.3, 0.4) is 0 Å². The maximum absolute atomic E-state index is 12.1. The van der Waals surface area contributed by atoms with E-state index in [1.807, 2.05) is 27.7 Å². The SMILES string of the molecule is CCCNC(=O)CNC(=O)c1cccc(NC(=O)C(C)(C)C)c1. The van der Waals surface area contributed by atoms with Gasteiger partial charge in [0.1, 0.15) is 0 Å². The number of nitrogens with one attached hydrogen (secondary N) is 3. The Morgan fingerprint density at radius 1 is 1.09 bits per heavy atom. The van der Waals surface area contributed by atoms with Crippen molar-refractivity contribution >= 4 is 23.4 Å². The molecule has 0 atom stereocenters. The van der Waals surface area contributed by atoms with Crippen LogP contribution < -0.4 is 16.0 Å².